The Morgan fingerprint density at radius 1 is 1.05 bits per heavy atom. The quantitative estimate of drug-likeness (QED) is 0.300. The van der Waals surface area contributed by atoms with E-state index in [4.69, 9.17) is 20.6 Å². The first-order valence-corrected chi connectivity index (χ1v) is 12.6. The summed E-state index contributed by atoms with van der Waals surface area (Å²) in [6.45, 7) is -0.109. The molecule has 0 bridgehead atoms. The molecule has 0 saturated heterocycles. The van der Waals surface area contributed by atoms with E-state index in [-0.39, 0.29) is 39.4 Å². The van der Waals surface area contributed by atoms with Gasteiger partial charge in [0, 0.05) is 5.56 Å². The van der Waals surface area contributed by atoms with E-state index in [1.807, 2.05) is 0 Å². The Balaban J connectivity index is 1.67. The van der Waals surface area contributed by atoms with Gasteiger partial charge in [-0.25, -0.2) is 33.5 Å². The molecule has 0 fully saturated rings. The lowest BCUT2D eigenvalue weighted by Gasteiger charge is -2.11. The van der Waals surface area contributed by atoms with Gasteiger partial charge in [0.1, 0.15) is 35.7 Å². The van der Waals surface area contributed by atoms with Crippen molar-refractivity contribution in [2.75, 3.05) is 7.11 Å². The molecule has 0 saturated carbocycles. The number of ether oxygens (including phenoxy) is 1. The number of nitrogens with zero attached hydrogens (tertiary/aromatic N) is 4. The van der Waals surface area contributed by atoms with Crippen LogP contribution in [0.4, 0.5) is 4.39 Å². The standard InChI is InChI=1S/C25H21FN6O5S/c1-36-17-9-7-16(8-10-17)32-24-23(20(30-32)13-37-27)29-14-31(25(24)33)21-11-6-15(12-19(21)26)18-4-2-3-5-22(18)38(28,34)35/h2-12,14H,13,27H2,1H3,(H2,28,34,35). The lowest BCUT2D eigenvalue weighted by atomic mass is 10.0. The summed E-state index contributed by atoms with van der Waals surface area (Å²) in [7, 11) is -2.52. The van der Waals surface area contributed by atoms with Gasteiger partial charge in [0.2, 0.25) is 10.0 Å². The molecule has 0 aliphatic carbocycles. The van der Waals surface area contributed by atoms with Gasteiger partial charge in [-0.1, -0.05) is 24.3 Å². The van der Waals surface area contributed by atoms with Crippen LogP contribution in [0, 0.1) is 5.82 Å². The lowest BCUT2D eigenvalue weighted by Crippen LogP contribution is -2.22. The largest absolute Gasteiger partial charge is 0.497 e. The fraction of sp³-hybridized carbons (Fsp3) is 0.0800. The first kappa shape index (κ1) is 25.2. The van der Waals surface area contributed by atoms with Crippen molar-refractivity contribution in [1.82, 2.24) is 19.3 Å². The van der Waals surface area contributed by atoms with Gasteiger partial charge in [-0.05, 0) is 48.0 Å². The molecule has 0 unspecified atom stereocenters. The molecule has 0 atom stereocenters. The van der Waals surface area contributed by atoms with Crippen LogP contribution in [0.5, 0.6) is 5.75 Å². The van der Waals surface area contributed by atoms with Crippen LogP contribution in [-0.2, 0) is 21.5 Å². The van der Waals surface area contributed by atoms with Crippen molar-refractivity contribution < 1.29 is 22.4 Å². The number of halogens is 1. The highest BCUT2D eigenvalue weighted by Crippen LogP contribution is 2.29. The number of fused-ring (bicyclic) bond motifs is 1. The summed E-state index contributed by atoms with van der Waals surface area (Å²) in [6.07, 6.45) is 1.18. The molecule has 4 N–H and O–H groups in total. The Hall–Kier alpha value is -4.43. The maximum Gasteiger partial charge on any atom is 0.284 e. The minimum Gasteiger partial charge on any atom is -0.497 e. The van der Waals surface area contributed by atoms with Crippen LogP contribution < -0.4 is 21.3 Å². The van der Waals surface area contributed by atoms with E-state index >= 15 is 4.39 Å². The third kappa shape index (κ3) is 4.43. The SMILES string of the molecule is COc1ccc(-n2nc(CON)c3ncn(-c4ccc(-c5ccccc5S(N)(=O)=O)cc4F)c(=O)c32)cc1. The van der Waals surface area contributed by atoms with E-state index in [0.29, 0.717) is 17.1 Å². The number of aromatic nitrogens is 4. The average Bonchev–Trinajstić information content (AvgIpc) is 3.28. The summed E-state index contributed by atoms with van der Waals surface area (Å²) in [5.41, 5.74) is 0.969. The van der Waals surface area contributed by atoms with E-state index in [2.05, 4.69) is 10.1 Å². The van der Waals surface area contributed by atoms with Crippen molar-refractivity contribution in [3.8, 4) is 28.3 Å². The predicted octanol–water partition coefficient (Wildman–Crippen LogP) is 2.42. The summed E-state index contributed by atoms with van der Waals surface area (Å²) in [6, 6.07) is 16.8. The minimum atomic E-state index is -4.05. The number of methoxy groups -OCH3 is 1. The van der Waals surface area contributed by atoms with E-state index < -0.39 is 21.4 Å². The van der Waals surface area contributed by atoms with Crippen molar-refractivity contribution >= 4 is 21.1 Å². The maximum atomic E-state index is 15.4. The zero-order chi connectivity index (χ0) is 27.0. The molecule has 3 aromatic carbocycles. The highest BCUT2D eigenvalue weighted by Gasteiger charge is 2.21. The fourth-order valence-corrected chi connectivity index (χ4v) is 4.91. The van der Waals surface area contributed by atoms with Crippen molar-refractivity contribution in [1.29, 1.82) is 0 Å². The second-order valence-corrected chi connectivity index (χ2v) is 9.72. The molecule has 0 aliphatic heterocycles. The van der Waals surface area contributed by atoms with Gasteiger partial charge < -0.3 is 4.74 Å². The molecule has 0 amide bonds. The Kier molecular flexibility index (Phi) is 6.50. The maximum absolute atomic E-state index is 15.4. The smallest absolute Gasteiger partial charge is 0.284 e. The van der Waals surface area contributed by atoms with Crippen molar-refractivity contribution in [3.05, 3.63) is 94.9 Å². The van der Waals surface area contributed by atoms with Crippen LogP contribution in [-0.4, -0.2) is 34.9 Å². The molecule has 13 heteroatoms. The fourth-order valence-electron chi connectivity index (χ4n) is 4.15. The normalized spacial score (nSPS) is 11.7. The third-order valence-electron chi connectivity index (χ3n) is 5.90. The van der Waals surface area contributed by atoms with Crippen LogP contribution in [0.25, 0.3) is 33.5 Å². The van der Waals surface area contributed by atoms with Crippen molar-refractivity contribution in [2.24, 2.45) is 11.0 Å². The second kappa shape index (κ2) is 9.79. The monoisotopic (exact) mass is 536 g/mol. The van der Waals surface area contributed by atoms with Crippen LogP contribution >= 0.6 is 0 Å². The number of primary sulfonamides is 1. The molecule has 194 valence electrons. The van der Waals surface area contributed by atoms with Crippen LogP contribution in [0.2, 0.25) is 0 Å². The Morgan fingerprint density at radius 2 is 1.79 bits per heavy atom. The summed E-state index contributed by atoms with van der Waals surface area (Å²) in [5, 5.41) is 9.76. The minimum absolute atomic E-state index is 0.0766. The number of hydrogen-bond acceptors (Lipinski definition) is 8. The molecule has 0 radical (unpaired) electrons. The zero-order valence-corrected chi connectivity index (χ0v) is 20.7. The predicted molar refractivity (Wildman–Crippen MR) is 137 cm³/mol. The number of rotatable bonds is 7. The van der Waals surface area contributed by atoms with Gasteiger partial charge in [0.05, 0.1) is 23.4 Å². The Morgan fingerprint density at radius 3 is 2.45 bits per heavy atom. The van der Waals surface area contributed by atoms with E-state index in [1.54, 1.807) is 30.3 Å². The number of benzene rings is 3. The highest BCUT2D eigenvalue weighted by molar-refractivity contribution is 7.89. The van der Waals surface area contributed by atoms with Crippen LogP contribution in [0.1, 0.15) is 5.69 Å². The van der Waals surface area contributed by atoms with Gasteiger partial charge in [-0.2, -0.15) is 5.10 Å². The van der Waals surface area contributed by atoms with Crippen molar-refractivity contribution in [3.63, 3.8) is 0 Å². The number of nitrogens with two attached hydrogens (primary N) is 2. The van der Waals surface area contributed by atoms with Crippen LogP contribution in [0.3, 0.4) is 0 Å². The molecule has 2 aromatic heterocycles. The summed E-state index contributed by atoms with van der Waals surface area (Å²) in [5.74, 6) is 5.07. The Bertz CT molecular complexity index is 1830. The summed E-state index contributed by atoms with van der Waals surface area (Å²) >= 11 is 0. The van der Waals surface area contributed by atoms with Gasteiger partial charge in [0.15, 0.2) is 5.52 Å². The number of hydrogen-bond donors (Lipinski definition) is 2. The molecular weight excluding hydrogens is 515 g/mol. The molecule has 2 heterocycles. The van der Waals surface area contributed by atoms with E-state index in [0.717, 1.165) is 10.6 Å². The first-order valence-electron chi connectivity index (χ1n) is 11.1. The molecular formula is C25H21FN6O5S. The van der Waals surface area contributed by atoms with E-state index in [1.165, 1.54) is 48.5 Å². The molecule has 38 heavy (non-hydrogen) atoms. The summed E-state index contributed by atoms with van der Waals surface area (Å²) < 4.78 is 47.0. The molecule has 0 spiro atoms. The van der Waals surface area contributed by atoms with Crippen LogP contribution in [0.15, 0.2) is 82.7 Å². The number of sulfonamides is 1. The Labute approximate surface area is 215 Å². The van der Waals surface area contributed by atoms with Gasteiger partial charge in [-0.15, -0.1) is 0 Å². The summed E-state index contributed by atoms with van der Waals surface area (Å²) in [4.78, 5) is 22.6. The lowest BCUT2D eigenvalue weighted by molar-refractivity contribution is 0.122. The zero-order valence-electron chi connectivity index (χ0n) is 19.9. The first-order chi connectivity index (χ1) is 18.2. The van der Waals surface area contributed by atoms with Gasteiger partial charge in [-0.3, -0.25) is 14.2 Å². The van der Waals surface area contributed by atoms with Gasteiger partial charge >= 0.3 is 0 Å². The van der Waals surface area contributed by atoms with Crippen molar-refractivity contribution in [2.45, 2.75) is 11.5 Å². The second-order valence-electron chi connectivity index (χ2n) is 8.19. The average molecular weight is 537 g/mol. The van der Waals surface area contributed by atoms with Gasteiger partial charge in [0.25, 0.3) is 5.56 Å². The molecule has 0 aliphatic rings. The van der Waals surface area contributed by atoms with E-state index in [9.17, 15) is 13.2 Å². The molecule has 11 nitrogen and oxygen atoms in total. The molecule has 5 aromatic rings. The topological polar surface area (TPSA) is 157 Å². The third-order valence-corrected chi connectivity index (χ3v) is 6.87. The highest BCUT2D eigenvalue weighted by atomic mass is 32.2. The molecule has 5 rings (SSSR count).